The van der Waals surface area contributed by atoms with Gasteiger partial charge < -0.3 is 5.32 Å². The van der Waals surface area contributed by atoms with Crippen LogP contribution in [-0.2, 0) is 19.9 Å². The highest BCUT2D eigenvalue weighted by atomic mass is 32.2. The second-order valence-corrected chi connectivity index (χ2v) is 10.1. The summed E-state index contributed by atoms with van der Waals surface area (Å²) in [6.07, 6.45) is 1.84. The third-order valence-corrected chi connectivity index (χ3v) is 8.68. The summed E-state index contributed by atoms with van der Waals surface area (Å²) in [5.41, 5.74) is 0. The van der Waals surface area contributed by atoms with Gasteiger partial charge in [0.2, 0.25) is 10.0 Å². The minimum Gasteiger partial charge on any atom is -0.311 e. The first-order chi connectivity index (χ1) is 9.30. The Hall–Kier alpha value is -0.180. The summed E-state index contributed by atoms with van der Waals surface area (Å²) in [6, 6.07) is 0.0942. The second-order valence-electron chi connectivity index (χ2n) is 5.72. The number of sulfone groups is 1. The van der Waals surface area contributed by atoms with Crippen LogP contribution >= 0.6 is 0 Å². The Bertz CT molecular complexity index is 544. The molecule has 3 atom stereocenters. The second kappa shape index (κ2) is 5.90. The first kappa shape index (κ1) is 16.2. The van der Waals surface area contributed by atoms with Crippen molar-refractivity contribution in [3.63, 3.8) is 0 Å². The van der Waals surface area contributed by atoms with Gasteiger partial charge in [0.1, 0.15) is 0 Å². The van der Waals surface area contributed by atoms with Gasteiger partial charge in [-0.2, -0.15) is 4.31 Å². The van der Waals surface area contributed by atoms with Gasteiger partial charge in [-0.1, -0.05) is 13.8 Å². The largest absolute Gasteiger partial charge is 0.311 e. The molecule has 2 rings (SSSR count). The molecule has 6 nitrogen and oxygen atoms in total. The monoisotopic (exact) mass is 324 g/mol. The highest BCUT2D eigenvalue weighted by molar-refractivity contribution is 7.95. The van der Waals surface area contributed by atoms with Crippen LogP contribution in [0.3, 0.4) is 0 Å². The molecule has 0 spiro atoms. The maximum absolute atomic E-state index is 12.7. The molecule has 0 aliphatic carbocycles. The lowest BCUT2D eigenvalue weighted by molar-refractivity contribution is 0.214. The van der Waals surface area contributed by atoms with Gasteiger partial charge in [0.05, 0.1) is 16.8 Å². The smallest absolute Gasteiger partial charge is 0.218 e. The number of nitrogens with zero attached hydrogens (tertiary/aromatic N) is 1. The summed E-state index contributed by atoms with van der Waals surface area (Å²) in [6.45, 7) is 5.09. The molecule has 0 aromatic carbocycles. The SMILES string of the molecule is CCC1CN(S(=O)(=O)C2CCS(=O)(=O)C2)C(CC)CN1. The van der Waals surface area contributed by atoms with Crippen molar-refractivity contribution in [2.75, 3.05) is 24.6 Å². The average molecular weight is 324 g/mol. The molecule has 118 valence electrons. The molecule has 2 aliphatic heterocycles. The molecule has 2 aliphatic rings. The van der Waals surface area contributed by atoms with Crippen molar-refractivity contribution in [1.82, 2.24) is 9.62 Å². The molecule has 2 saturated heterocycles. The fourth-order valence-electron chi connectivity index (χ4n) is 2.96. The molecule has 0 aromatic rings. The van der Waals surface area contributed by atoms with Crippen LogP contribution in [0.25, 0.3) is 0 Å². The van der Waals surface area contributed by atoms with Crippen LogP contribution in [0.1, 0.15) is 33.1 Å². The summed E-state index contributed by atoms with van der Waals surface area (Å²) >= 11 is 0. The summed E-state index contributed by atoms with van der Waals surface area (Å²) in [5, 5.41) is 2.60. The summed E-state index contributed by atoms with van der Waals surface area (Å²) in [5.74, 6) is -0.219. The van der Waals surface area contributed by atoms with Crippen LogP contribution in [0.2, 0.25) is 0 Å². The van der Waals surface area contributed by atoms with E-state index in [4.69, 9.17) is 0 Å². The lowest BCUT2D eigenvalue weighted by Gasteiger charge is -2.40. The van der Waals surface area contributed by atoms with Crippen LogP contribution in [0.15, 0.2) is 0 Å². The van der Waals surface area contributed by atoms with E-state index in [9.17, 15) is 16.8 Å². The van der Waals surface area contributed by atoms with Gasteiger partial charge in [-0.25, -0.2) is 16.8 Å². The first-order valence-corrected chi connectivity index (χ1v) is 10.6. The zero-order valence-corrected chi connectivity index (χ0v) is 13.7. The van der Waals surface area contributed by atoms with Gasteiger partial charge in [0.15, 0.2) is 9.84 Å². The van der Waals surface area contributed by atoms with Gasteiger partial charge in [-0.3, -0.25) is 0 Å². The molecule has 2 fully saturated rings. The third kappa shape index (κ3) is 3.18. The molecule has 0 amide bonds. The Morgan fingerprint density at radius 3 is 2.45 bits per heavy atom. The average Bonchev–Trinajstić information content (AvgIpc) is 2.79. The number of hydrogen-bond donors (Lipinski definition) is 1. The number of sulfonamides is 1. The number of rotatable bonds is 4. The van der Waals surface area contributed by atoms with Crippen molar-refractivity contribution in [2.24, 2.45) is 0 Å². The first-order valence-electron chi connectivity index (χ1n) is 7.24. The highest BCUT2D eigenvalue weighted by Crippen LogP contribution is 2.26. The van der Waals surface area contributed by atoms with E-state index in [1.54, 1.807) is 4.31 Å². The predicted molar refractivity (Wildman–Crippen MR) is 78.8 cm³/mol. The van der Waals surface area contributed by atoms with Crippen LogP contribution in [0.4, 0.5) is 0 Å². The molecule has 0 saturated carbocycles. The quantitative estimate of drug-likeness (QED) is 0.785. The lowest BCUT2D eigenvalue weighted by atomic mass is 10.1. The van der Waals surface area contributed by atoms with E-state index in [0.717, 1.165) is 12.8 Å². The maximum atomic E-state index is 12.7. The van der Waals surface area contributed by atoms with Crippen molar-refractivity contribution in [3.8, 4) is 0 Å². The molecule has 20 heavy (non-hydrogen) atoms. The minimum absolute atomic E-state index is 0.00299. The Labute approximate surface area is 121 Å². The van der Waals surface area contributed by atoms with E-state index in [1.807, 2.05) is 13.8 Å². The van der Waals surface area contributed by atoms with Crippen LogP contribution < -0.4 is 5.32 Å². The van der Waals surface area contributed by atoms with Crippen LogP contribution in [0.5, 0.6) is 0 Å². The molecule has 0 aromatic heterocycles. The molecule has 1 N–H and O–H groups in total. The number of nitrogens with one attached hydrogen (secondary N) is 1. The van der Waals surface area contributed by atoms with Crippen molar-refractivity contribution in [3.05, 3.63) is 0 Å². The Morgan fingerprint density at radius 2 is 1.95 bits per heavy atom. The summed E-state index contributed by atoms with van der Waals surface area (Å²) in [7, 11) is -6.70. The number of piperazine rings is 1. The Balaban J connectivity index is 2.22. The van der Waals surface area contributed by atoms with E-state index in [0.29, 0.717) is 13.1 Å². The number of hydrogen-bond acceptors (Lipinski definition) is 5. The van der Waals surface area contributed by atoms with Gasteiger partial charge >= 0.3 is 0 Å². The highest BCUT2D eigenvalue weighted by Gasteiger charge is 2.44. The van der Waals surface area contributed by atoms with Crippen molar-refractivity contribution in [1.29, 1.82) is 0 Å². The fraction of sp³-hybridized carbons (Fsp3) is 1.00. The molecule has 0 bridgehead atoms. The van der Waals surface area contributed by atoms with Gasteiger partial charge in [-0.15, -0.1) is 0 Å². The maximum Gasteiger partial charge on any atom is 0.218 e. The van der Waals surface area contributed by atoms with Gasteiger partial charge in [0.25, 0.3) is 0 Å². The van der Waals surface area contributed by atoms with Crippen LogP contribution in [0, 0.1) is 0 Å². The van der Waals surface area contributed by atoms with E-state index in [-0.39, 0.29) is 30.0 Å². The zero-order chi connectivity index (χ0) is 15.0. The predicted octanol–water partition coefficient (Wildman–Crippen LogP) is -0.0343. The normalized spacial score (nSPS) is 35.2. The third-order valence-electron chi connectivity index (χ3n) is 4.35. The lowest BCUT2D eigenvalue weighted by Crippen LogP contribution is -2.59. The molecular weight excluding hydrogens is 300 g/mol. The van der Waals surface area contributed by atoms with Crippen molar-refractivity contribution in [2.45, 2.75) is 50.4 Å². The van der Waals surface area contributed by atoms with E-state index >= 15 is 0 Å². The van der Waals surface area contributed by atoms with Crippen LogP contribution in [-0.4, -0.2) is 63.1 Å². The fourth-order valence-corrected chi connectivity index (χ4v) is 7.78. The summed E-state index contributed by atoms with van der Waals surface area (Å²) < 4.78 is 50.1. The van der Waals surface area contributed by atoms with Crippen molar-refractivity contribution >= 4 is 19.9 Å². The standard InChI is InChI=1S/C12H24N2O4S2/c1-3-10-8-14(11(4-2)7-13-10)20(17,18)12-5-6-19(15,16)9-12/h10-13H,3-9H2,1-2H3. The molecule has 3 unspecified atom stereocenters. The topological polar surface area (TPSA) is 83.6 Å². The Morgan fingerprint density at radius 1 is 1.25 bits per heavy atom. The molecule has 8 heteroatoms. The zero-order valence-electron chi connectivity index (χ0n) is 12.1. The van der Waals surface area contributed by atoms with E-state index in [2.05, 4.69) is 5.32 Å². The van der Waals surface area contributed by atoms with E-state index in [1.165, 1.54) is 0 Å². The minimum atomic E-state index is -3.52. The van der Waals surface area contributed by atoms with Gasteiger partial charge in [-0.05, 0) is 19.3 Å². The molecule has 0 radical (unpaired) electrons. The summed E-state index contributed by atoms with van der Waals surface area (Å²) in [4.78, 5) is 0. The Kier molecular flexibility index (Phi) is 4.78. The van der Waals surface area contributed by atoms with E-state index < -0.39 is 25.1 Å². The van der Waals surface area contributed by atoms with Crippen molar-refractivity contribution < 1.29 is 16.8 Å². The molecular formula is C12H24N2O4S2. The molecule has 2 heterocycles. The van der Waals surface area contributed by atoms with Gasteiger partial charge in [0, 0.05) is 25.2 Å².